The van der Waals surface area contributed by atoms with Crippen LogP contribution in [0.1, 0.15) is 30.1 Å². The molecule has 1 aromatic rings. The van der Waals surface area contributed by atoms with Gasteiger partial charge < -0.3 is 10.1 Å². The average molecular weight is 286 g/mol. The van der Waals surface area contributed by atoms with Gasteiger partial charge in [0.25, 0.3) is 5.91 Å². The van der Waals surface area contributed by atoms with E-state index in [2.05, 4.69) is 28.2 Å². The molecular weight excluding hydrogens is 270 g/mol. The maximum atomic E-state index is 11.6. The van der Waals surface area contributed by atoms with Gasteiger partial charge in [0, 0.05) is 12.1 Å². The summed E-state index contributed by atoms with van der Waals surface area (Å²) in [5, 5.41) is 2.86. The van der Waals surface area contributed by atoms with Crippen LogP contribution in [0.25, 0.3) is 0 Å². The topological polar surface area (TPSA) is 38.3 Å². The van der Waals surface area contributed by atoms with E-state index in [0.717, 1.165) is 25.1 Å². The van der Waals surface area contributed by atoms with Crippen LogP contribution in [0.2, 0.25) is 0 Å². The lowest BCUT2D eigenvalue weighted by Gasteiger charge is -2.05. The second-order valence-electron chi connectivity index (χ2n) is 3.39. The molecule has 1 amide bonds. The molecule has 0 saturated heterocycles. The highest BCUT2D eigenvalue weighted by Crippen LogP contribution is 2.12. The SMILES string of the molecule is CCCCNC(=O)c1ccc(OCBr)cc1. The molecule has 0 aromatic heterocycles. The number of alkyl halides is 1. The van der Waals surface area contributed by atoms with Crippen LogP contribution in [-0.4, -0.2) is 18.0 Å². The smallest absolute Gasteiger partial charge is 0.251 e. The quantitative estimate of drug-likeness (QED) is 0.645. The van der Waals surface area contributed by atoms with E-state index in [4.69, 9.17) is 4.74 Å². The van der Waals surface area contributed by atoms with Crippen molar-refractivity contribution in [3.63, 3.8) is 0 Å². The first-order valence-corrected chi connectivity index (χ1v) is 6.47. The Balaban J connectivity index is 2.49. The molecule has 0 heterocycles. The van der Waals surface area contributed by atoms with Gasteiger partial charge in [-0.25, -0.2) is 0 Å². The number of carbonyl (C=O) groups is 1. The van der Waals surface area contributed by atoms with E-state index in [1.54, 1.807) is 24.3 Å². The number of carbonyl (C=O) groups excluding carboxylic acids is 1. The number of ether oxygens (including phenoxy) is 1. The molecule has 0 unspecified atom stereocenters. The molecule has 0 atom stereocenters. The minimum Gasteiger partial charge on any atom is -0.482 e. The van der Waals surface area contributed by atoms with E-state index in [0.29, 0.717) is 11.1 Å². The zero-order chi connectivity index (χ0) is 11.8. The van der Waals surface area contributed by atoms with Gasteiger partial charge in [-0.2, -0.15) is 0 Å². The number of nitrogens with one attached hydrogen (secondary N) is 1. The Bertz CT molecular complexity index is 324. The van der Waals surface area contributed by atoms with Crippen LogP contribution in [0.15, 0.2) is 24.3 Å². The third-order valence-electron chi connectivity index (χ3n) is 2.15. The summed E-state index contributed by atoms with van der Waals surface area (Å²) < 4.78 is 5.22. The molecular formula is C12H16BrNO2. The third-order valence-corrected chi connectivity index (χ3v) is 2.38. The highest BCUT2D eigenvalue weighted by Gasteiger charge is 2.04. The van der Waals surface area contributed by atoms with Crippen LogP contribution in [0.4, 0.5) is 0 Å². The molecule has 1 N–H and O–H groups in total. The van der Waals surface area contributed by atoms with Gasteiger partial charge in [0.05, 0.1) is 0 Å². The molecule has 4 heteroatoms. The van der Waals surface area contributed by atoms with Crippen LogP contribution in [-0.2, 0) is 0 Å². The summed E-state index contributed by atoms with van der Waals surface area (Å²) in [5.41, 5.74) is 1.12. The van der Waals surface area contributed by atoms with E-state index >= 15 is 0 Å². The summed E-state index contributed by atoms with van der Waals surface area (Å²) in [7, 11) is 0. The Morgan fingerprint density at radius 2 is 2.06 bits per heavy atom. The Labute approximate surface area is 104 Å². The molecule has 3 nitrogen and oxygen atoms in total. The first-order valence-electron chi connectivity index (χ1n) is 5.35. The van der Waals surface area contributed by atoms with Crippen LogP contribution in [0, 0.1) is 0 Å². The highest BCUT2D eigenvalue weighted by atomic mass is 79.9. The molecule has 0 fully saturated rings. The summed E-state index contributed by atoms with van der Waals surface area (Å²) in [4.78, 5) is 11.6. The summed E-state index contributed by atoms with van der Waals surface area (Å²) in [6.45, 7) is 2.83. The Morgan fingerprint density at radius 1 is 1.38 bits per heavy atom. The number of hydrogen-bond donors (Lipinski definition) is 1. The van der Waals surface area contributed by atoms with E-state index < -0.39 is 0 Å². The van der Waals surface area contributed by atoms with Gasteiger partial charge in [0.2, 0.25) is 0 Å². The predicted molar refractivity (Wildman–Crippen MR) is 68.1 cm³/mol. The van der Waals surface area contributed by atoms with Crippen molar-refractivity contribution in [3.05, 3.63) is 29.8 Å². The van der Waals surface area contributed by atoms with E-state index in [9.17, 15) is 4.79 Å². The van der Waals surface area contributed by atoms with Gasteiger partial charge >= 0.3 is 0 Å². The fourth-order valence-electron chi connectivity index (χ4n) is 1.25. The highest BCUT2D eigenvalue weighted by molar-refractivity contribution is 9.09. The van der Waals surface area contributed by atoms with E-state index in [-0.39, 0.29) is 5.91 Å². The van der Waals surface area contributed by atoms with Gasteiger partial charge in [0.1, 0.15) is 11.3 Å². The second-order valence-corrected chi connectivity index (χ2v) is 3.85. The lowest BCUT2D eigenvalue weighted by molar-refractivity contribution is 0.0953. The average Bonchev–Trinajstić information content (AvgIpc) is 2.30. The Kier molecular flexibility index (Phi) is 5.93. The summed E-state index contributed by atoms with van der Waals surface area (Å²) in [5.74, 6) is 0.723. The van der Waals surface area contributed by atoms with Crippen LogP contribution < -0.4 is 10.1 Å². The van der Waals surface area contributed by atoms with Gasteiger partial charge in [-0.15, -0.1) is 0 Å². The summed E-state index contributed by atoms with van der Waals surface area (Å²) in [6, 6.07) is 7.10. The number of hydrogen-bond acceptors (Lipinski definition) is 2. The van der Waals surface area contributed by atoms with Crippen molar-refractivity contribution in [2.75, 3.05) is 12.1 Å². The van der Waals surface area contributed by atoms with Crippen molar-refractivity contribution in [1.82, 2.24) is 5.32 Å². The molecule has 16 heavy (non-hydrogen) atoms. The van der Waals surface area contributed by atoms with Crippen molar-refractivity contribution in [2.24, 2.45) is 0 Å². The lowest BCUT2D eigenvalue weighted by atomic mass is 10.2. The fraction of sp³-hybridized carbons (Fsp3) is 0.417. The van der Waals surface area contributed by atoms with Gasteiger partial charge in [-0.3, -0.25) is 4.79 Å². The number of halogens is 1. The first-order chi connectivity index (χ1) is 7.77. The molecule has 0 saturated carbocycles. The van der Waals surface area contributed by atoms with Gasteiger partial charge in [-0.1, -0.05) is 13.3 Å². The number of benzene rings is 1. The van der Waals surface area contributed by atoms with Crippen molar-refractivity contribution in [2.45, 2.75) is 19.8 Å². The van der Waals surface area contributed by atoms with Crippen molar-refractivity contribution in [1.29, 1.82) is 0 Å². The minimum absolute atomic E-state index is 0.0288. The number of amides is 1. The van der Waals surface area contributed by atoms with Crippen LogP contribution in [0.5, 0.6) is 5.75 Å². The fourth-order valence-corrected chi connectivity index (χ4v) is 1.51. The normalized spacial score (nSPS) is 9.88. The van der Waals surface area contributed by atoms with Crippen molar-refractivity contribution >= 4 is 21.8 Å². The van der Waals surface area contributed by atoms with Crippen molar-refractivity contribution < 1.29 is 9.53 Å². The standard InChI is InChI=1S/C12H16BrNO2/c1-2-3-8-14-12(15)10-4-6-11(7-5-10)16-9-13/h4-7H,2-3,8-9H2,1H3,(H,14,15). The van der Waals surface area contributed by atoms with Gasteiger partial charge in [0.15, 0.2) is 0 Å². The molecule has 0 spiro atoms. The monoisotopic (exact) mass is 285 g/mol. The second kappa shape index (κ2) is 7.28. The maximum Gasteiger partial charge on any atom is 0.251 e. The summed E-state index contributed by atoms with van der Waals surface area (Å²) >= 11 is 3.17. The molecule has 0 bridgehead atoms. The van der Waals surface area contributed by atoms with Crippen LogP contribution >= 0.6 is 15.9 Å². The van der Waals surface area contributed by atoms with Crippen molar-refractivity contribution in [3.8, 4) is 5.75 Å². The van der Waals surface area contributed by atoms with Gasteiger partial charge in [-0.05, 0) is 46.6 Å². The lowest BCUT2D eigenvalue weighted by Crippen LogP contribution is -2.24. The predicted octanol–water partition coefficient (Wildman–Crippen LogP) is 2.95. The summed E-state index contributed by atoms with van der Waals surface area (Å²) in [6.07, 6.45) is 2.09. The van der Waals surface area contributed by atoms with E-state index in [1.807, 2.05) is 0 Å². The molecule has 0 aliphatic carbocycles. The minimum atomic E-state index is -0.0288. The number of rotatable bonds is 6. The molecule has 0 aliphatic rings. The zero-order valence-corrected chi connectivity index (χ0v) is 10.9. The molecule has 88 valence electrons. The first kappa shape index (κ1) is 13.0. The Morgan fingerprint density at radius 3 is 2.62 bits per heavy atom. The van der Waals surface area contributed by atoms with E-state index in [1.165, 1.54) is 0 Å². The molecule has 0 radical (unpaired) electrons. The van der Waals surface area contributed by atoms with Crippen LogP contribution in [0.3, 0.4) is 0 Å². The third kappa shape index (κ3) is 4.23. The number of unbranched alkanes of at least 4 members (excludes halogenated alkanes) is 1. The maximum absolute atomic E-state index is 11.6. The molecule has 1 aromatic carbocycles. The zero-order valence-electron chi connectivity index (χ0n) is 9.33. The molecule has 1 rings (SSSR count). The Hall–Kier alpha value is -1.03. The largest absolute Gasteiger partial charge is 0.482 e. The molecule has 0 aliphatic heterocycles.